The number of alkyl halides is 4. The zero-order valence-corrected chi connectivity index (χ0v) is 10.3. The largest absolute Gasteiger partial charge is 0.383 e. The molecule has 0 aliphatic carbocycles. The maximum atomic E-state index is 13.1. The molecule has 0 spiro atoms. The number of piperidine rings is 1. The molecule has 106 valence electrons. The fourth-order valence-corrected chi connectivity index (χ4v) is 2.16. The van der Waals surface area contributed by atoms with Gasteiger partial charge in [0.1, 0.15) is 0 Å². The van der Waals surface area contributed by atoms with Crippen LogP contribution in [0.1, 0.15) is 25.7 Å². The van der Waals surface area contributed by atoms with Crippen LogP contribution < -0.4 is 5.32 Å². The van der Waals surface area contributed by atoms with E-state index in [2.05, 4.69) is 5.32 Å². The van der Waals surface area contributed by atoms with Crippen LogP contribution in [0.25, 0.3) is 0 Å². The molecule has 3 nitrogen and oxygen atoms in total. The molecule has 0 radical (unpaired) electrons. The lowest BCUT2D eigenvalue weighted by atomic mass is 9.98. The quantitative estimate of drug-likeness (QED) is 0.774. The molecule has 1 aliphatic rings. The Balaban J connectivity index is 2.73. The van der Waals surface area contributed by atoms with E-state index in [0.29, 0.717) is 25.8 Å². The fraction of sp³-hybridized carbons (Fsp3) is 0.909. The Morgan fingerprint density at radius 3 is 2.67 bits per heavy atom. The molecule has 0 bridgehead atoms. The van der Waals surface area contributed by atoms with Gasteiger partial charge >= 0.3 is 12.3 Å². The van der Waals surface area contributed by atoms with Crippen LogP contribution >= 0.6 is 0 Å². The number of hydrogen-bond donors (Lipinski definition) is 1. The minimum Gasteiger partial charge on any atom is -0.334 e. The van der Waals surface area contributed by atoms with Crippen molar-refractivity contribution in [2.45, 2.75) is 44.1 Å². The Morgan fingerprint density at radius 2 is 2.11 bits per heavy atom. The number of rotatable bonds is 5. The summed E-state index contributed by atoms with van der Waals surface area (Å²) < 4.78 is 50.5. The molecule has 1 fully saturated rings. The fourth-order valence-electron chi connectivity index (χ4n) is 2.16. The number of likely N-dealkylation sites (tertiary alicyclic amines) is 1. The summed E-state index contributed by atoms with van der Waals surface area (Å²) in [6, 6.07) is -0.372. The van der Waals surface area contributed by atoms with Crippen LogP contribution in [0.15, 0.2) is 0 Å². The van der Waals surface area contributed by atoms with Gasteiger partial charge in [-0.2, -0.15) is 8.78 Å². The first-order valence-corrected chi connectivity index (χ1v) is 6.03. The summed E-state index contributed by atoms with van der Waals surface area (Å²) in [4.78, 5) is 12.4. The molecule has 1 N–H and O–H groups in total. The first-order valence-electron chi connectivity index (χ1n) is 6.03. The molecular weight excluding hydrogens is 252 g/mol. The molecular formula is C11H18F4N2O. The predicted octanol–water partition coefficient (Wildman–Crippen LogP) is 1.88. The predicted molar refractivity (Wildman–Crippen MR) is 58.8 cm³/mol. The van der Waals surface area contributed by atoms with E-state index in [1.165, 1.54) is 0 Å². The third-order valence-electron chi connectivity index (χ3n) is 3.17. The topological polar surface area (TPSA) is 32.3 Å². The molecule has 1 unspecified atom stereocenters. The first kappa shape index (κ1) is 15.2. The second-order valence-electron chi connectivity index (χ2n) is 4.46. The zero-order valence-electron chi connectivity index (χ0n) is 10.3. The molecule has 1 aliphatic heterocycles. The Kier molecular flexibility index (Phi) is 5.37. The number of amides is 1. The van der Waals surface area contributed by atoms with Gasteiger partial charge in [-0.3, -0.25) is 4.79 Å². The zero-order chi connectivity index (χ0) is 13.8. The third kappa shape index (κ3) is 3.34. The first-order chi connectivity index (χ1) is 8.41. The van der Waals surface area contributed by atoms with E-state index < -0.39 is 18.3 Å². The number of nitrogens with zero attached hydrogens (tertiary/aromatic N) is 1. The van der Waals surface area contributed by atoms with Crippen LogP contribution in [0.4, 0.5) is 17.6 Å². The summed E-state index contributed by atoms with van der Waals surface area (Å²) in [6.45, 7) is 0.699. The van der Waals surface area contributed by atoms with Crippen molar-refractivity contribution in [2.24, 2.45) is 0 Å². The van der Waals surface area contributed by atoms with Gasteiger partial charge in [0.05, 0.1) is 0 Å². The van der Waals surface area contributed by atoms with E-state index in [9.17, 15) is 22.4 Å². The van der Waals surface area contributed by atoms with Gasteiger partial charge < -0.3 is 10.2 Å². The molecule has 1 heterocycles. The summed E-state index contributed by atoms with van der Waals surface area (Å²) in [5, 5.41) is 2.86. The van der Waals surface area contributed by atoms with Crippen LogP contribution in [0, 0.1) is 0 Å². The standard InChI is InChI=1S/C11H18F4N2O/c1-16-6-5-8-4-2-3-7-17(8)10(18)11(14,15)9(12)13/h8-9,16H,2-7H2,1H3. The second-order valence-corrected chi connectivity index (χ2v) is 4.46. The molecule has 0 aromatic carbocycles. The average molecular weight is 270 g/mol. The molecule has 7 heteroatoms. The molecule has 1 amide bonds. The highest BCUT2D eigenvalue weighted by Crippen LogP contribution is 2.29. The van der Waals surface area contributed by atoms with Crippen molar-refractivity contribution in [3.63, 3.8) is 0 Å². The smallest absolute Gasteiger partial charge is 0.334 e. The monoisotopic (exact) mass is 270 g/mol. The van der Waals surface area contributed by atoms with Gasteiger partial charge in [-0.25, -0.2) is 8.78 Å². The molecule has 1 rings (SSSR count). The summed E-state index contributed by atoms with van der Waals surface area (Å²) in [5.41, 5.74) is 0. The van der Waals surface area contributed by atoms with Crippen molar-refractivity contribution in [1.29, 1.82) is 0 Å². The highest BCUT2D eigenvalue weighted by molar-refractivity contribution is 5.84. The van der Waals surface area contributed by atoms with E-state index in [1.54, 1.807) is 7.05 Å². The van der Waals surface area contributed by atoms with E-state index in [4.69, 9.17) is 0 Å². The van der Waals surface area contributed by atoms with Crippen LogP contribution in [-0.4, -0.2) is 49.3 Å². The van der Waals surface area contributed by atoms with E-state index in [1.807, 2.05) is 0 Å². The lowest BCUT2D eigenvalue weighted by Crippen LogP contribution is -2.53. The van der Waals surface area contributed by atoms with Crippen molar-refractivity contribution in [3.05, 3.63) is 0 Å². The molecule has 0 aromatic rings. The van der Waals surface area contributed by atoms with E-state index >= 15 is 0 Å². The van der Waals surface area contributed by atoms with Gasteiger partial charge in [-0.15, -0.1) is 0 Å². The van der Waals surface area contributed by atoms with Crippen LogP contribution in [0.2, 0.25) is 0 Å². The van der Waals surface area contributed by atoms with E-state index in [-0.39, 0.29) is 12.6 Å². The van der Waals surface area contributed by atoms with E-state index in [0.717, 1.165) is 11.3 Å². The lowest BCUT2D eigenvalue weighted by Gasteiger charge is -2.37. The highest BCUT2D eigenvalue weighted by atomic mass is 19.3. The number of halogens is 4. The Morgan fingerprint density at radius 1 is 1.44 bits per heavy atom. The van der Waals surface area contributed by atoms with Gasteiger partial charge in [0.15, 0.2) is 0 Å². The van der Waals surface area contributed by atoms with Crippen LogP contribution in [0.3, 0.4) is 0 Å². The normalized spacial score (nSPS) is 21.4. The highest BCUT2D eigenvalue weighted by Gasteiger charge is 2.52. The van der Waals surface area contributed by atoms with Gasteiger partial charge in [-0.1, -0.05) is 0 Å². The number of carbonyl (C=O) groups excluding carboxylic acids is 1. The molecule has 0 aromatic heterocycles. The molecule has 1 atom stereocenters. The van der Waals surface area contributed by atoms with Crippen molar-refractivity contribution in [2.75, 3.05) is 20.1 Å². The second kappa shape index (κ2) is 6.36. The number of hydrogen-bond acceptors (Lipinski definition) is 2. The lowest BCUT2D eigenvalue weighted by molar-refractivity contribution is -0.184. The summed E-state index contributed by atoms with van der Waals surface area (Å²) in [5.74, 6) is -6.31. The van der Waals surface area contributed by atoms with Gasteiger partial charge in [0.25, 0.3) is 5.91 Å². The Labute approximate surface area is 104 Å². The maximum absolute atomic E-state index is 13.1. The van der Waals surface area contributed by atoms with Gasteiger partial charge in [0.2, 0.25) is 0 Å². The molecule has 0 saturated carbocycles. The minimum atomic E-state index is -4.57. The van der Waals surface area contributed by atoms with Gasteiger partial charge in [-0.05, 0) is 39.3 Å². The van der Waals surface area contributed by atoms with Crippen molar-refractivity contribution >= 4 is 5.91 Å². The average Bonchev–Trinajstić information content (AvgIpc) is 2.35. The third-order valence-corrected chi connectivity index (χ3v) is 3.17. The number of carbonyl (C=O) groups is 1. The van der Waals surface area contributed by atoms with Crippen molar-refractivity contribution in [1.82, 2.24) is 10.2 Å². The summed E-state index contributed by atoms with van der Waals surface area (Å²) >= 11 is 0. The SMILES string of the molecule is CNCCC1CCCCN1C(=O)C(F)(F)C(F)F. The summed E-state index contributed by atoms with van der Waals surface area (Å²) in [7, 11) is 1.71. The number of nitrogens with one attached hydrogen (secondary N) is 1. The van der Waals surface area contributed by atoms with Gasteiger partial charge in [0, 0.05) is 12.6 Å². The molecule has 1 saturated heterocycles. The van der Waals surface area contributed by atoms with Crippen LogP contribution in [0.5, 0.6) is 0 Å². The van der Waals surface area contributed by atoms with Crippen LogP contribution in [-0.2, 0) is 4.79 Å². The Hall–Kier alpha value is -0.850. The maximum Gasteiger partial charge on any atom is 0.383 e. The molecule has 18 heavy (non-hydrogen) atoms. The summed E-state index contributed by atoms with van der Waals surface area (Å²) in [6.07, 6.45) is -1.44. The van der Waals surface area contributed by atoms with Crippen molar-refractivity contribution in [3.8, 4) is 0 Å². The minimum absolute atomic E-state index is 0.134. The van der Waals surface area contributed by atoms with Crippen molar-refractivity contribution < 1.29 is 22.4 Å². The Bertz CT molecular complexity index is 286.